The lowest BCUT2D eigenvalue weighted by molar-refractivity contribution is 0.903. The molecule has 25 heavy (non-hydrogen) atoms. The van der Waals surface area contributed by atoms with Gasteiger partial charge in [-0.05, 0) is 24.6 Å². The van der Waals surface area contributed by atoms with E-state index in [-0.39, 0.29) is 17.5 Å². The molecular formula is C19H14N4OS. The van der Waals surface area contributed by atoms with E-state index in [1.165, 1.54) is 11.3 Å². The van der Waals surface area contributed by atoms with Gasteiger partial charge in [0.05, 0.1) is 28.9 Å². The van der Waals surface area contributed by atoms with E-state index in [0.717, 1.165) is 22.6 Å². The number of aryl methyl sites for hydroxylation is 1. The molecule has 122 valence electrons. The molecule has 6 heteroatoms. The number of aromatic nitrogens is 2. The quantitative estimate of drug-likeness (QED) is 0.684. The van der Waals surface area contributed by atoms with Crippen LogP contribution in [-0.4, -0.2) is 15.4 Å². The minimum Gasteiger partial charge on any atom is -0.313 e. The zero-order valence-corrected chi connectivity index (χ0v) is 14.4. The van der Waals surface area contributed by atoms with Crippen LogP contribution < -0.4 is 5.56 Å². The predicted molar refractivity (Wildman–Crippen MR) is 95.8 cm³/mol. The molecule has 0 aliphatic heterocycles. The lowest BCUT2D eigenvalue weighted by Crippen LogP contribution is -2.16. The van der Waals surface area contributed by atoms with Crippen LogP contribution in [0.15, 0.2) is 35.1 Å². The number of nitrogens with zero attached hydrogens (tertiary/aromatic N) is 4. The molecule has 0 bridgehead atoms. The normalized spacial score (nSPS) is 18.7. The second kappa shape index (κ2) is 5.84. The van der Waals surface area contributed by atoms with Crippen LogP contribution in [0.4, 0.5) is 0 Å². The zero-order valence-electron chi connectivity index (χ0n) is 13.6. The molecule has 2 heterocycles. The van der Waals surface area contributed by atoms with E-state index in [1.807, 2.05) is 25.1 Å². The summed E-state index contributed by atoms with van der Waals surface area (Å²) >= 11 is 1.50. The summed E-state index contributed by atoms with van der Waals surface area (Å²) in [6.07, 6.45) is 1.34. The Labute approximate surface area is 148 Å². The van der Waals surface area contributed by atoms with Crippen LogP contribution >= 0.6 is 11.3 Å². The molecule has 1 aliphatic carbocycles. The summed E-state index contributed by atoms with van der Waals surface area (Å²) in [6.45, 7) is 9.17. The minimum absolute atomic E-state index is 0.00296. The van der Waals surface area contributed by atoms with E-state index in [4.69, 9.17) is 11.8 Å². The van der Waals surface area contributed by atoms with Gasteiger partial charge in [0.15, 0.2) is 4.96 Å². The van der Waals surface area contributed by atoms with Crippen molar-refractivity contribution in [3.63, 3.8) is 0 Å². The van der Waals surface area contributed by atoms with Gasteiger partial charge in [-0.2, -0.15) is 5.26 Å². The summed E-state index contributed by atoms with van der Waals surface area (Å²) in [5.41, 5.74) is 3.12. The number of hydrogen-bond acceptors (Lipinski definition) is 4. The van der Waals surface area contributed by atoms with Crippen LogP contribution in [-0.2, 0) is 6.42 Å². The molecule has 2 aromatic heterocycles. The standard InChI is InChI=1S/C19H14N4OS/c1-11-18(15-9-16(15)21-2)23-17(24)8-14(22-19(23)25-11)7-12-4-3-5-13(6-12)10-20/h3-6,8,15-16H,7,9H2,1H3. The van der Waals surface area contributed by atoms with Gasteiger partial charge in [-0.1, -0.05) is 12.1 Å². The first-order valence-corrected chi connectivity index (χ1v) is 8.80. The minimum atomic E-state index is -0.0913. The topological polar surface area (TPSA) is 62.5 Å². The highest BCUT2D eigenvalue weighted by Crippen LogP contribution is 2.46. The summed E-state index contributed by atoms with van der Waals surface area (Å²) < 4.78 is 1.67. The van der Waals surface area contributed by atoms with Gasteiger partial charge >= 0.3 is 0 Å². The Morgan fingerprint density at radius 2 is 2.32 bits per heavy atom. The fourth-order valence-corrected chi connectivity index (χ4v) is 4.30. The smallest absolute Gasteiger partial charge is 0.258 e. The summed E-state index contributed by atoms with van der Waals surface area (Å²) in [7, 11) is 0. The molecule has 1 aromatic carbocycles. The number of hydrogen-bond donors (Lipinski definition) is 0. The van der Waals surface area contributed by atoms with Crippen molar-refractivity contribution in [3.05, 3.63) is 79.5 Å². The molecule has 5 nitrogen and oxygen atoms in total. The summed E-state index contributed by atoms with van der Waals surface area (Å²) in [5.74, 6) is 0.156. The molecule has 1 aliphatic rings. The highest BCUT2D eigenvalue weighted by Gasteiger charge is 2.48. The average Bonchev–Trinajstić information content (AvgIpc) is 3.29. The maximum Gasteiger partial charge on any atom is 0.258 e. The number of nitriles is 1. The van der Waals surface area contributed by atoms with Crippen molar-refractivity contribution in [1.29, 1.82) is 5.26 Å². The van der Waals surface area contributed by atoms with Gasteiger partial charge < -0.3 is 4.85 Å². The Balaban J connectivity index is 1.75. The van der Waals surface area contributed by atoms with E-state index < -0.39 is 0 Å². The third kappa shape index (κ3) is 2.71. The van der Waals surface area contributed by atoms with Crippen LogP contribution in [0.3, 0.4) is 0 Å². The van der Waals surface area contributed by atoms with Gasteiger partial charge in [-0.3, -0.25) is 9.20 Å². The zero-order chi connectivity index (χ0) is 17.6. The lowest BCUT2D eigenvalue weighted by Gasteiger charge is -2.03. The van der Waals surface area contributed by atoms with Crippen LogP contribution in [0.2, 0.25) is 0 Å². The van der Waals surface area contributed by atoms with E-state index in [2.05, 4.69) is 15.9 Å². The summed E-state index contributed by atoms with van der Waals surface area (Å²) in [5, 5.41) is 9.01. The molecular weight excluding hydrogens is 332 g/mol. The first-order chi connectivity index (χ1) is 12.1. The van der Waals surface area contributed by atoms with Crippen LogP contribution in [0, 0.1) is 24.8 Å². The Bertz CT molecular complexity index is 1130. The molecule has 0 saturated heterocycles. The van der Waals surface area contributed by atoms with Gasteiger partial charge in [0.1, 0.15) is 0 Å². The highest BCUT2D eigenvalue weighted by atomic mass is 32.1. The van der Waals surface area contributed by atoms with Gasteiger partial charge in [0.2, 0.25) is 6.04 Å². The fourth-order valence-electron chi connectivity index (χ4n) is 3.24. The largest absolute Gasteiger partial charge is 0.313 e. The van der Waals surface area contributed by atoms with Gasteiger partial charge in [-0.25, -0.2) is 11.6 Å². The Morgan fingerprint density at radius 3 is 3.04 bits per heavy atom. The van der Waals surface area contributed by atoms with Crippen molar-refractivity contribution < 1.29 is 0 Å². The monoisotopic (exact) mass is 346 g/mol. The van der Waals surface area contributed by atoms with Gasteiger partial charge in [0, 0.05) is 23.8 Å². The lowest BCUT2D eigenvalue weighted by atomic mass is 10.1. The number of rotatable bonds is 3. The molecule has 0 N–H and O–H groups in total. The van der Waals surface area contributed by atoms with E-state index in [9.17, 15) is 4.79 Å². The third-order valence-corrected chi connectivity index (χ3v) is 5.47. The van der Waals surface area contributed by atoms with Crippen molar-refractivity contribution in [3.8, 4) is 6.07 Å². The second-order valence-corrected chi connectivity index (χ2v) is 7.46. The Hall–Kier alpha value is -2.96. The van der Waals surface area contributed by atoms with Crippen molar-refractivity contribution in [2.24, 2.45) is 0 Å². The molecule has 0 amide bonds. The maximum absolute atomic E-state index is 12.7. The predicted octanol–water partition coefficient (Wildman–Crippen LogP) is 3.30. The van der Waals surface area contributed by atoms with Gasteiger partial charge in [0.25, 0.3) is 5.56 Å². The summed E-state index contributed by atoms with van der Waals surface area (Å²) in [6, 6.07) is 11.0. The van der Waals surface area contributed by atoms with Crippen molar-refractivity contribution in [2.45, 2.75) is 31.7 Å². The second-order valence-electron chi connectivity index (χ2n) is 6.27. The molecule has 0 spiro atoms. The SMILES string of the molecule is [C-]#[N+]C1CC1c1c(C)sc2nc(Cc3cccc(C#N)c3)cc(=O)n12. The Morgan fingerprint density at radius 1 is 1.48 bits per heavy atom. The molecule has 0 radical (unpaired) electrons. The van der Waals surface area contributed by atoms with E-state index >= 15 is 0 Å². The molecule has 1 saturated carbocycles. The first kappa shape index (κ1) is 15.6. The van der Waals surface area contributed by atoms with Gasteiger partial charge in [-0.15, -0.1) is 11.3 Å². The van der Waals surface area contributed by atoms with Crippen LogP contribution in [0.1, 0.15) is 39.7 Å². The molecule has 4 rings (SSSR count). The number of fused-ring (bicyclic) bond motifs is 1. The summed E-state index contributed by atoms with van der Waals surface area (Å²) in [4.78, 5) is 22.7. The average molecular weight is 346 g/mol. The highest BCUT2D eigenvalue weighted by molar-refractivity contribution is 7.17. The molecule has 2 atom stereocenters. The maximum atomic E-state index is 12.7. The van der Waals surface area contributed by atoms with E-state index in [1.54, 1.807) is 16.5 Å². The van der Waals surface area contributed by atoms with Crippen LogP contribution in [0.5, 0.6) is 0 Å². The fraction of sp³-hybridized carbons (Fsp3) is 0.263. The Kier molecular flexibility index (Phi) is 3.63. The number of thiazole rings is 1. The third-order valence-electron chi connectivity index (χ3n) is 4.50. The van der Waals surface area contributed by atoms with Crippen molar-refractivity contribution in [1.82, 2.24) is 9.38 Å². The van der Waals surface area contributed by atoms with Crippen LogP contribution in [0.25, 0.3) is 9.81 Å². The van der Waals surface area contributed by atoms with E-state index in [0.29, 0.717) is 22.6 Å². The van der Waals surface area contributed by atoms with Crippen molar-refractivity contribution >= 4 is 16.3 Å². The molecule has 3 aromatic rings. The molecule has 1 fully saturated rings. The molecule has 2 unspecified atom stereocenters. The number of benzene rings is 1. The first-order valence-electron chi connectivity index (χ1n) is 7.98. The van der Waals surface area contributed by atoms with Crippen molar-refractivity contribution in [2.75, 3.05) is 0 Å².